The SMILES string of the molecule is CO[C@]1(C)C[C@H](O[C@H]2[C@H](C)[C@@H](O[C@@H]3O[C@H](C)C[C@H](N(C)C)[C@H]3O)[C@](C)(O)C[C@@H](C)CN(Cc3ccc(Br)cc3)CCC(/C=C/c3ccc4[nH]ccc4c3)NC(=O)[C@H]2C)O[C@@H](C)[C@@H]1O. The highest BCUT2D eigenvalue weighted by Crippen LogP contribution is 2.39. The number of fused-ring (bicyclic) bond motifs is 1. The molecule has 63 heavy (non-hydrogen) atoms. The van der Waals surface area contributed by atoms with E-state index in [0.29, 0.717) is 38.9 Å². The summed E-state index contributed by atoms with van der Waals surface area (Å²) in [6.45, 7) is 15.3. The van der Waals surface area contributed by atoms with E-state index in [2.05, 4.69) is 80.5 Å². The summed E-state index contributed by atoms with van der Waals surface area (Å²) in [6, 6.07) is 16.0. The Labute approximate surface area is 382 Å². The lowest BCUT2D eigenvalue weighted by atomic mass is 9.77. The van der Waals surface area contributed by atoms with Crippen LogP contribution in [0.3, 0.4) is 0 Å². The minimum Gasteiger partial charge on any atom is -0.387 e. The molecule has 13 nitrogen and oxygen atoms in total. The number of carbonyl (C=O) groups is 1. The number of benzene rings is 2. The molecule has 1 aromatic heterocycles. The Kier molecular flexibility index (Phi) is 16.8. The standard InChI is InChI=1S/C49H73BrN4O9/c1-29-25-48(6,58)45(63-47-42(55)40(53(8)9)23-30(2)60-47)31(3)43(62-41-26-49(7,59-10)44(56)33(5)61-41)32(4)46(57)52-38(17-13-34-14-18-39-36(24-34)19-21-51-39)20-22-54(27-29)28-35-11-15-37(50)16-12-35/h11-19,21,24,29-33,38,40-45,47,51,55-56,58H,20,22-23,25-28H2,1-10H3,(H,52,57)/b17-13+/t29-,30-,31+,32+,33+,38?,40+,41+,42-,43+,44+,45-,47+,48-,49-/m1/s1. The van der Waals surface area contributed by atoms with Crippen molar-refractivity contribution in [3.05, 3.63) is 76.4 Å². The van der Waals surface area contributed by atoms with Crippen LogP contribution in [0.15, 0.2) is 65.3 Å². The van der Waals surface area contributed by atoms with Gasteiger partial charge >= 0.3 is 0 Å². The predicted octanol–water partition coefficient (Wildman–Crippen LogP) is 6.48. The summed E-state index contributed by atoms with van der Waals surface area (Å²) in [6.07, 6.45) is 1.30. The number of aromatic nitrogens is 1. The monoisotopic (exact) mass is 940 g/mol. The van der Waals surface area contributed by atoms with Crippen LogP contribution >= 0.6 is 15.9 Å². The van der Waals surface area contributed by atoms with Gasteiger partial charge in [0.1, 0.15) is 12.2 Å². The lowest BCUT2D eigenvalue weighted by Crippen LogP contribution is -2.61. The highest BCUT2D eigenvalue weighted by Gasteiger charge is 2.51. The van der Waals surface area contributed by atoms with Gasteiger partial charge in [-0.1, -0.05) is 67.1 Å². The minimum atomic E-state index is -1.48. The maximum absolute atomic E-state index is 14.8. The Morgan fingerprint density at radius 2 is 1.73 bits per heavy atom. The Bertz CT molecular complexity index is 1960. The van der Waals surface area contributed by atoms with Crippen molar-refractivity contribution in [1.29, 1.82) is 0 Å². The largest absolute Gasteiger partial charge is 0.387 e. The number of aromatic amines is 1. The second-order valence-corrected chi connectivity index (χ2v) is 20.3. The number of halogens is 1. The number of ether oxygens (including phenoxy) is 5. The third kappa shape index (κ3) is 12.4. The molecule has 1 amide bonds. The van der Waals surface area contributed by atoms with Gasteiger partial charge in [0.05, 0.1) is 41.5 Å². The maximum atomic E-state index is 14.8. The zero-order valence-corrected chi connectivity index (χ0v) is 40.5. The zero-order valence-electron chi connectivity index (χ0n) is 38.9. The number of carbonyl (C=O) groups excluding carboxylic acids is 1. The van der Waals surface area contributed by atoms with Gasteiger partial charge in [0.25, 0.3) is 0 Å². The number of nitrogens with one attached hydrogen (secondary N) is 2. The van der Waals surface area contributed by atoms with Crippen LogP contribution < -0.4 is 5.32 Å². The van der Waals surface area contributed by atoms with Gasteiger partial charge in [-0.2, -0.15) is 0 Å². The third-order valence-corrected chi connectivity index (χ3v) is 14.2. The van der Waals surface area contributed by atoms with Crippen molar-refractivity contribution < 1.29 is 43.8 Å². The maximum Gasteiger partial charge on any atom is 0.225 e. The molecule has 3 fully saturated rings. The van der Waals surface area contributed by atoms with Crippen LogP contribution in [0, 0.1) is 17.8 Å². The number of hydrogen-bond donors (Lipinski definition) is 5. The topological polar surface area (TPSA) is 158 Å². The van der Waals surface area contributed by atoms with Gasteiger partial charge < -0.3 is 54.2 Å². The average Bonchev–Trinajstić information content (AvgIpc) is 3.70. The fraction of sp³-hybridized carbons (Fsp3) is 0.653. The van der Waals surface area contributed by atoms with E-state index in [0.717, 1.165) is 26.5 Å². The van der Waals surface area contributed by atoms with Gasteiger partial charge in [-0.05, 0) is 114 Å². The molecule has 14 heteroatoms. The van der Waals surface area contributed by atoms with E-state index >= 15 is 0 Å². The van der Waals surface area contributed by atoms with Crippen LogP contribution in [0.1, 0.15) is 85.3 Å². The van der Waals surface area contributed by atoms with E-state index in [9.17, 15) is 20.1 Å². The molecule has 350 valence electrons. The summed E-state index contributed by atoms with van der Waals surface area (Å²) < 4.78 is 33.3. The number of aliphatic hydroxyl groups is 3. The molecule has 15 atom stereocenters. The van der Waals surface area contributed by atoms with Crippen LogP contribution in [0.5, 0.6) is 0 Å². The molecule has 1 unspecified atom stereocenters. The molecule has 2 aromatic carbocycles. The molecular formula is C49H73BrN4O9. The Morgan fingerprint density at radius 1 is 1.00 bits per heavy atom. The van der Waals surface area contributed by atoms with E-state index in [1.54, 1.807) is 21.0 Å². The molecule has 0 bridgehead atoms. The van der Waals surface area contributed by atoms with E-state index in [4.69, 9.17) is 23.7 Å². The Hall–Kier alpha value is -2.73. The first-order valence-electron chi connectivity index (χ1n) is 22.7. The number of rotatable bonds is 10. The average molecular weight is 942 g/mol. The smallest absolute Gasteiger partial charge is 0.225 e. The molecule has 0 spiro atoms. The molecule has 4 heterocycles. The number of hydrogen-bond acceptors (Lipinski definition) is 11. The lowest BCUT2D eigenvalue weighted by molar-refractivity contribution is -0.317. The summed E-state index contributed by atoms with van der Waals surface area (Å²) in [5.41, 5.74) is 0.771. The van der Waals surface area contributed by atoms with Crippen LogP contribution in [-0.4, -0.2) is 143 Å². The van der Waals surface area contributed by atoms with E-state index in [1.165, 1.54) is 0 Å². The second-order valence-electron chi connectivity index (χ2n) is 19.4. The molecular weight excluding hydrogens is 868 g/mol. The van der Waals surface area contributed by atoms with Gasteiger partial charge in [0.15, 0.2) is 12.6 Å². The van der Waals surface area contributed by atoms with Crippen LogP contribution in [0.2, 0.25) is 0 Å². The van der Waals surface area contributed by atoms with Gasteiger partial charge in [-0.3, -0.25) is 9.69 Å². The third-order valence-electron chi connectivity index (χ3n) is 13.7. The molecule has 0 aliphatic carbocycles. The molecule has 3 aliphatic heterocycles. The summed E-state index contributed by atoms with van der Waals surface area (Å²) in [4.78, 5) is 22.5. The molecule has 3 saturated heterocycles. The number of aliphatic hydroxyl groups excluding tert-OH is 2. The van der Waals surface area contributed by atoms with Crippen molar-refractivity contribution in [3.8, 4) is 0 Å². The van der Waals surface area contributed by atoms with Crippen LogP contribution in [-0.2, 0) is 35.0 Å². The molecule has 5 N–H and O–H groups in total. The molecule has 6 rings (SSSR count). The number of methoxy groups -OCH3 is 1. The summed E-state index contributed by atoms with van der Waals surface area (Å²) in [5, 5.41) is 40.2. The summed E-state index contributed by atoms with van der Waals surface area (Å²) >= 11 is 3.58. The minimum absolute atomic E-state index is 0.0118. The Morgan fingerprint density at radius 3 is 2.43 bits per heavy atom. The van der Waals surface area contributed by atoms with Gasteiger partial charge in [-0.15, -0.1) is 0 Å². The first-order valence-corrected chi connectivity index (χ1v) is 23.5. The molecule has 3 aliphatic rings. The van der Waals surface area contributed by atoms with Crippen molar-refractivity contribution in [2.45, 2.75) is 153 Å². The van der Waals surface area contributed by atoms with Gasteiger partial charge in [-0.25, -0.2) is 0 Å². The fourth-order valence-electron chi connectivity index (χ4n) is 10.1. The molecule has 0 saturated carbocycles. The van der Waals surface area contributed by atoms with E-state index in [-0.39, 0.29) is 36.4 Å². The normalized spacial score (nSPS) is 38.2. The van der Waals surface area contributed by atoms with E-state index < -0.39 is 66.1 Å². The summed E-state index contributed by atoms with van der Waals surface area (Å²) in [7, 11) is 5.41. The van der Waals surface area contributed by atoms with Crippen molar-refractivity contribution in [2.75, 3.05) is 34.3 Å². The van der Waals surface area contributed by atoms with Crippen molar-refractivity contribution in [2.24, 2.45) is 17.8 Å². The number of amides is 1. The number of nitrogens with zero attached hydrogens (tertiary/aromatic N) is 2. The summed E-state index contributed by atoms with van der Waals surface area (Å²) in [5.74, 6) is -1.68. The Balaban J connectivity index is 1.39. The highest BCUT2D eigenvalue weighted by atomic mass is 79.9. The molecule has 3 aromatic rings. The number of likely N-dealkylation sites (N-methyl/N-ethyl adjacent to an activating group) is 1. The fourth-order valence-corrected chi connectivity index (χ4v) is 10.4. The van der Waals surface area contributed by atoms with Crippen molar-refractivity contribution >= 4 is 38.8 Å². The van der Waals surface area contributed by atoms with E-state index in [1.807, 2.05) is 71.1 Å². The second kappa shape index (κ2) is 21.3. The van der Waals surface area contributed by atoms with Gasteiger partial charge in [0, 0.05) is 67.4 Å². The predicted molar refractivity (Wildman–Crippen MR) is 249 cm³/mol. The van der Waals surface area contributed by atoms with Crippen molar-refractivity contribution in [3.63, 3.8) is 0 Å². The first kappa shape index (κ1) is 49.7. The first-order chi connectivity index (χ1) is 29.8. The number of H-pyrrole nitrogens is 1. The molecule has 0 radical (unpaired) electrons. The van der Waals surface area contributed by atoms with Crippen LogP contribution in [0.4, 0.5) is 0 Å². The lowest BCUT2D eigenvalue weighted by Gasteiger charge is -2.49. The van der Waals surface area contributed by atoms with Crippen LogP contribution in [0.25, 0.3) is 17.0 Å². The van der Waals surface area contributed by atoms with Gasteiger partial charge in [0.2, 0.25) is 5.91 Å². The highest BCUT2D eigenvalue weighted by molar-refractivity contribution is 9.10. The quantitative estimate of drug-likeness (QED) is 0.152. The van der Waals surface area contributed by atoms with Crippen molar-refractivity contribution in [1.82, 2.24) is 20.1 Å². The zero-order chi connectivity index (χ0) is 45.8.